The third kappa shape index (κ3) is 3.11. The van der Waals surface area contributed by atoms with Gasteiger partial charge in [-0.15, -0.1) is 0 Å². The first-order chi connectivity index (χ1) is 15.2. The van der Waals surface area contributed by atoms with E-state index in [1.165, 1.54) is 16.9 Å². The Morgan fingerprint density at radius 1 is 1.25 bits per heavy atom. The van der Waals surface area contributed by atoms with Crippen molar-refractivity contribution in [2.75, 3.05) is 18.1 Å². The van der Waals surface area contributed by atoms with Gasteiger partial charge in [-0.2, -0.15) is 4.31 Å². The van der Waals surface area contributed by atoms with Crippen LogP contribution in [0.4, 0.5) is 5.82 Å². The molecule has 3 aromatic rings. The van der Waals surface area contributed by atoms with Crippen molar-refractivity contribution in [1.82, 2.24) is 23.8 Å². The van der Waals surface area contributed by atoms with Crippen LogP contribution in [0.1, 0.15) is 36.9 Å². The predicted octanol–water partition coefficient (Wildman–Crippen LogP) is 2.04. The van der Waals surface area contributed by atoms with E-state index in [0.717, 1.165) is 0 Å². The summed E-state index contributed by atoms with van der Waals surface area (Å²) in [6, 6.07) is 8.44. The Labute approximate surface area is 185 Å². The Morgan fingerprint density at radius 3 is 2.66 bits per heavy atom. The van der Waals surface area contributed by atoms with Crippen LogP contribution in [-0.2, 0) is 14.8 Å². The number of morpholine rings is 1. The number of carbonyl (C=O) groups is 1. The summed E-state index contributed by atoms with van der Waals surface area (Å²) in [7, 11) is -3.42. The Morgan fingerprint density at radius 2 is 2.00 bits per heavy atom. The largest absolute Gasteiger partial charge is 0.348 e. The minimum atomic E-state index is -3.42. The van der Waals surface area contributed by atoms with E-state index in [2.05, 4.69) is 20.3 Å². The molecule has 2 aliphatic rings. The van der Waals surface area contributed by atoms with Gasteiger partial charge in [-0.05, 0) is 18.6 Å². The summed E-state index contributed by atoms with van der Waals surface area (Å²) in [4.78, 5) is 25.6. The molecule has 2 fully saturated rings. The molecule has 10 nitrogen and oxygen atoms in total. The van der Waals surface area contributed by atoms with E-state index < -0.39 is 21.9 Å². The van der Waals surface area contributed by atoms with Gasteiger partial charge in [0.1, 0.15) is 6.33 Å². The summed E-state index contributed by atoms with van der Waals surface area (Å²) < 4.78 is 34.7. The molecule has 4 heterocycles. The molecule has 2 aromatic heterocycles. The van der Waals surface area contributed by atoms with E-state index >= 15 is 0 Å². The molecule has 4 atom stereocenters. The van der Waals surface area contributed by atoms with E-state index in [1.54, 1.807) is 35.2 Å². The highest BCUT2D eigenvalue weighted by Gasteiger charge is 2.63. The van der Waals surface area contributed by atoms with Crippen molar-refractivity contribution in [3.8, 4) is 0 Å². The lowest BCUT2D eigenvalue weighted by Gasteiger charge is -2.36. The fourth-order valence-electron chi connectivity index (χ4n) is 4.89. The summed E-state index contributed by atoms with van der Waals surface area (Å²) in [5, 5.41) is 2.79. The maximum atomic E-state index is 12.6. The number of aromatic nitrogens is 4. The molecule has 1 aromatic carbocycles. The molecule has 0 unspecified atom stereocenters. The molecule has 0 aliphatic carbocycles. The van der Waals surface area contributed by atoms with Crippen molar-refractivity contribution in [2.24, 2.45) is 5.92 Å². The molecule has 32 heavy (non-hydrogen) atoms. The van der Waals surface area contributed by atoms with E-state index in [9.17, 15) is 13.2 Å². The Kier molecular flexibility index (Phi) is 4.80. The van der Waals surface area contributed by atoms with Crippen LogP contribution in [0.15, 0.2) is 43.0 Å². The average molecular weight is 457 g/mol. The molecule has 11 heteroatoms. The lowest BCUT2D eigenvalue weighted by atomic mass is 9.88. The molecular weight excluding hydrogens is 432 g/mol. The van der Waals surface area contributed by atoms with Gasteiger partial charge in [-0.25, -0.2) is 23.4 Å². The maximum Gasteiger partial charge on any atom is 0.256 e. The first-order valence-electron chi connectivity index (χ1n) is 10.4. The quantitative estimate of drug-likeness (QED) is 0.624. The first-order valence-corrected chi connectivity index (χ1v) is 12.3. The topological polar surface area (TPSA) is 119 Å². The second-order valence-electron chi connectivity index (χ2n) is 8.38. The van der Waals surface area contributed by atoms with Crippen LogP contribution in [0.5, 0.6) is 0 Å². The highest BCUT2D eigenvalue weighted by Crippen LogP contribution is 2.53. The van der Waals surface area contributed by atoms with E-state index in [1.807, 2.05) is 19.9 Å². The first kappa shape index (κ1) is 21.0. The highest BCUT2D eigenvalue weighted by atomic mass is 32.2. The van der Waals surface area contributed by atoms with Crippen molar-refractivity contribution in [1.29, 1.82) is 0 Å². The lowest BCUT2D eigenvalue weighted by Crippen LogP contribution is -2.47. The number of fused-ring (bicyclic) bond motifs is 3. The van der Waals surface area contributed by atoms with Gasteiger partial charge in [-0.3, -0.25) is 9.36 Å². The zero-order chi connectivity index (χ0) is 22.7. The predicted molar refractivity (Wildman–Crippen MR) is 117 cm³/mol. The van der Waals surface area contributed by atoms with Gasteiger partial charge in [0, 0.05) is 18.0 Å². The van der Waals surface area contributed by atoms with Crippen molar-refractivity contribution < 1.29 is 17.9 Å². The Hall–Kier alpha value is -2.89. The van der Waals surface area contributed by atoms with Gasteiger partial charge in [-0.1, -0.05) is 32.0 Å². The minimum absolute atomic E-state index is 0.00349. The molecule has 5 rings (SSSR count). The van der Waals surface area contributed by atoms with Crippen LogP contribution < -0.4 is 5.32 Å². The second kappa shape index (κ2) is 7.32. The van der Waals surface area contributed by atoms with Crippen LogP contribution in [-0.4, -0.2) is 62.6 Å². The number of rotatable bonds is 5. The number of benzene rings is 1. The van der Waals surface area contributed by atoms with Gasteiger partial charge in [0.15, 0.2) is 23.2 Å². The van der Waals surface area contributed by atoms with Gasteiger partial charge < -0.3 is 10.1 Å². The van der Waals surface area contributed by atoms with Crippen LogP contribution in [0.3, 0.4) is 0 Å². The van der Waals surface area contributed by atoms with Gasteiger partial charge in [0.25, 0.3) is 5.91 Å². The number of hydrogen-bond donors (Lipinski definition) is 1. The number of hydrogen-bond acceptors (Lipinski definition) is 7. The number of ether oxygens (including phenoxy) is 1. The standard InChI is InChI=1S/C21H24N6O4S/c1-4-21-10-27(32(3,29)30)16(13(21)2)20(31-21)26-12-24-15-17(22-11-23-18(15)26)25-19(28)14-8-6-5-7-9-14/h5-9,11-13,16,20H,4,10H2,1-3H3,(H,22,23,25,28)/t13-,16+,20+,21-/m0/s1. The minimum Gasteiger partial charge on any atom is -0.348 e. The molecule has 1 N–H and O–H groups in total. The summed E-state index contributed by atoms with van der Waals surface area (Å²) in [6.45, 7) is 4.37. The van der Waals surface area contributed by atoms with Crippen LogP contribution in [0, 0.1) is 5.92 Å². The van der Waals surface area contributed by atoms with Gasteiger partial charge in [0.2, 0.25) is 10.0 Å². The van der Waals surface area contributed by atoms with Crippen molar-refractivity contribution in [3.63, 3.8) is 0 Å². The van der Waals surface area contributed by atoms with Crippen molar-refractivity contribution >= 4 is 32.9 Å². The second-order valence-corrected chi connectivity index (χ2v) is 10.3. The normalized spacial score (nSPS) is 27.8. The van der Waals surface area contributed by atoms with Crippen LogP contribution >= 0.6 is 0 Å². The average Bonchev–Trinajstić information content (AvgIpc) is 3.42. The Balaban J connectivity index is 1.52. The molecule has 2 aliphatic heterocycles. The number of nitrogens with zero attached hydrogens (tertiary/aromatic N) is 5. The number of imidazole rings is 1. The number of carbonyl (C=O) groups excluding carboxylic acids is 1. The summed E-state index contributed by atoms with van der Waals surface area (Å²) in [6.07, 6.45) is 4.26. The summed E-state index contributed by atoms with van der Waals surface area (Å²) in [5.74, 6) is -0.0223. The van der Waals surface area contributed by atoms with Gasteiger partial charge >= 0.3 is 0 Å². The number of sulfonamides is 1. The van der Waals surface area contributed by atoms with Gasteiger partial charge in [0.05, 0.1) is 24.2 Å². The van der Waals surface area contributed by atoms with Crippen molar-refractivity contribution in [2.45, 2.75) is 38.1 Å². The lowest BCUT2D eigenvalue weighted by molar-refractivity contribution is -0.116. The van der Waals surface area contributed by atoms with E-state index in [-0.39, 0.29) is 23.7 Å². The SMILES string of the molecule is CC[C@@]12CN(S(C)(=O)=O)[C@@H]([C@H](n3cnc4c(NC(=O)c5ccccc5)ncnc43)O1)[C@@H]2C. The molecule has 168 valence electrons. The smallest absolute Gasteiger partial charge is 0.256 e. The monoisotopic (exact) mass is 456 g/mol. The fraction of sp³-hybridized carbons (Fsp3) is 0.429. The molecule has 0 radical (unpaired) electrons. The molecule has 2 bridgehead atoms. The van der Waals surface area contributed by atoms with Crippen molar-refractivity contribution in [3.05, 3.63) is 48.5 Å². The van der Waals surface area contributed by atoms with E-state index in [0.29, 0.717) is 29.7 Å². The maximum absolute atomic E-state index is 12.6. The zero-order valence-electron chi connectivity index (χ0n) is 18.0. The van der Waals surface area contributed by atoms with E-state index in [4.69, 9.17) is 4.74 Å². The third-order valence-electron chi connectivity index (χ3n) is 6.67. The number of amides is 1. The number of anilines is 1. The Bertz CT molecular complexity index is 1290. The molecular formula is C21H24N6O4S. The summed E-state index contributed by atoms with van der Waals surface area (Å²) in [5.41, 5.74) is 0.810. The number of nitrogens with one attached hydrogen (secondary N) is 1. The fourth-order valence-corrected chi connectivity index (χ4v) is 6.08. The third-order valence-corrected chi connectivity index (χ3v) is 7.90. The molecule has 0 spiro atoms. The van der Waals surface area contributed by atoms with Crippen LogP contribution in [0.25, 0.3) is 11.2 Å². The highest BCUT2D eigenvalue weighted by molar-refractivity contribution is 7.88. The molecule has 2 saturated heterocycles. The molecule has 1 amide bonds. The summed E-state index contributed by atoms with van der Waals surface area (Å²) >= 11 is 0. The zero-order valence-corrected chi connectivity index (χ0v) is 18.8. The molecule has 0 saturated carbocycles. The van der Waals surface area contributed by atoms with Crippen LogP contribution in [0.2, 0.25) is 0 Å².